The van der Waals surface area contributed by atoms with Crippen molar-refractivity contribution in [2.24, 2.45) is 28.2 Å². The van der Waals surface area contributed by atoms with E-state index in [0.717, 1.165) is 109 Å². The molecule has 426 valence electrons. The van der Waals surface area contributed by atoms with Crippen molar-refractivity contribution in [3.63, 3.8) is 0 Å². The molecule has 8 aromatic rings. The molecule has 23 nitrogen and oxygen atoms in total. The number of fused-ring (bicyclic) bond motifs is 4. The fourth-order valence-corrected chi connectivity index (χ4v) is 10.6. The molecular weight excluding hydrogens is 1260 g/mol. The van der Waals surface area contributed by atoms with Crippen molar-refractivity contribution in [3.8, 4) is 33.8 Å². The molecule has 3 fully saturated rings. The molecule has 0 bridgehead atoms. The predicted molar refractivity (Wildman–Crippen MR) is 309 cm³/mol. The topological polar surface area (TPSA) is 241 Å². The molecule has 0 atom stereocenters. The number of alkyl halides is 2. The third-order valence-corrected chi connectivity index (χ3v) is 15.8. The van der Waals surface area contributed by atoms with Crippen LogP contribution in [0.1, 0.15) is 110 Å². The van der Waals surface area contributed by atoms with Gasteiger partial charge in [0.05, 0.1) is 53.8 Å². The maximum atomic E-state index is 12.1. The molecule has 1 saturated heterocycles. The Bertz CT molecular complexity index is 3580. The van der Waals surface area contributed by atoms with Crippen molar-refractivity contribution in [2.75, 3.05) is 13.1 Å². The molecule has 3 aliphatic heterocycles. The molecular formula is C53H66BCl2IK2N16O7. The fraction of sp³-hybridized carbons (Fsp3) is 0.491. The van der Waals surface area contributed by atoms with E-state index in [1.54, 1.807) is 45.7 Å². The Morgan fingerprint density at radius 3 is 1.60 bits per heavy atom. The SMILES string of the molecule is CC(=O)N1CCn2c(C3CC3)nc(-c3cnc4c(c3)c(-c3cnn(C)c3)nn4C)c2C1.CC(=O)N1CCn2c(C3CC3)nc(I)c2C1.CC(Cl)Cl.Cn1cc(-c2nn(C)c3ncc(B4OC(C)(C)C(C)(C)O4)cc23)cn1.O=CO[O-].[H-].[K+].[K+]. The van der Waals surface area contributed by atoms with Crippen LogP contribution in [0.25, 0.3) is 55.8 Å². The fourth-order valence-electron chi connectivity index (χ4n) is 9.88. The van der Waals surface area contributed by atoms with Gasteiger partial charge in [-0.1, -0.05) is 0 Å². The number of carbonyl (C=O) groups excluding carboxylic acids is 3. The molecule has 0 radical (unpaired) electrons. The molecule has 82 heavy (non-hydrogen) atoms. The summed E-state index contributed by atoms with van der Waals surface area (Å²) in [5.41, 5.74) is 9.64. The van der Waals surface area contributed by atoms with Gasteiger partial charge in [0.1, 0.15) is 31.6 Å². The van der Waals surface area contributed by atoms with E-state index < -0.39 is 7.12 Å². The van der Waals surface area contributed by atoms with Crippen LogP contribution in [0.4, 0.5) is 0 Å². The molecule has 8 aromatic heterocycles. The van der Waals surface area contributed by atoms with Crippen LogP contribution < -0.4 is 113 Å². The van der Waals surface area contributed by atoms with Crippen molar-refractivity contribution in [2.45, 2.75) is 128 Å². The average molecular weight is 1330 g/mol. The number of halogens is 3. The number of rotatable bonds is 7. The monoisotopic (exact) mass is 1320 g/mol. The van der Waals surface area contributed by atoms with E-state index in [0.29, 0.717) is 18.4 Å². The van der Waals surface area contributed by atoms with Crippen LogP contribution >= 0.6 is 45.8 Å². The molecule has 13 rings (SSSR count). The Hall–Kier alpha value is -2.98. The molecule has 2 amide bonds. The summed E-state index contributed by atoms with van der Waals surface area (Å²) in [6, 6.07) is 4.18. The molecule has 11 heterocycles. The normalized spacial score (nSPS) is 16.5. The zero-order valence-corrected chi connectivity index (χ0v) is 58.6. The minimum absolute atomic E-state index is 0. The van der Waals surface area contributed by atoms with Gasteiger partial charge in [-0.2, -0.15) is 20.4 Å². The number of amides is 2. The Labute approximate surface area is 586 Å². The molecule has 2 saturated carbocycles. The number of imidazole rings is 2. The maximum absolute atomic E-state index is 12.1. The first-order chi connectivity index (χ1) is 38.0. The van der Waals surface area contributed by atoms with E-state index in [9.17, 15) is 9.59 Å². The smallest absolute Gasteiger partial charge is 1.00 e. The van der Waals surface area contributed by atoms with Crippen molar-refractivity contribution >= 4 is 98.7 Å². The maximum Gasteiger partial charge on any atom is 1.00 e. The minimum Gasteiger partial charge on any atom is -1.00 e. The van der Waals surface area contributed by atoms with Crippen LogP contribution in [0.15, 0.2) is 49.3 Å². The van der Waals surface area contributed by atoms with E-state index >= 15 is 0 Å². The molecule has 0 N–H and O–H groups in total. The van der Waals surface area contributed by atoms with Gasteiger partial charge in [-0.15, -0.1) is 23.2 Å². The number of hydrogen-bond donors (Lipinski definition) is 0. The van der Waals surface area contributed by atoms with E-state index in [1.807, 2.05) is 96.7 Å². The third kappa shape index (κ3) is 14.9. The van der Waals surface area contributed by atoms with Crippen LogP contribution in [-0.4, -0.2) is 133 Å². The summed E-state index contributed by atoms with van der Waals surface area (Å²) in [4.78, 5) is 57.3. The quantitative estimate of drug-likeness (QED) is 0.0519. The predicted octanol–water partition coefficient (Wildman–Crippen LogP) is 0.232. The van der Waals surface area contributed by atoms with Gasteiger partial charge in [0.15, 0.2) is 11.3 Å². The summed E-state index contributed by atoms with van der Waals surface area (Å²) < 4.78 is 25.2. The molecule has 29 heteroatoms. The van der Waals surface area contributed by atoms with Crippen LogP contribution in [0.2, 0.25) is 0 Å². The third-order valence-electron chi connectivity index (χ3n) is 15.0. The van der Waals surface area contributed by atoms with Gasteiger partial charge in [-0.3, -0.25) is 23.7 Å². The van der Waals surface area contributed by atoms with Gasteiger partial charge in [-0.05, 0) is 95.0 Å². The Morgan fingerprint density at radius 2 is 1.16 bits per heavy atom. The number of carbonyl (C=O) groups is 3. The number of aromatic nitrogens is 14. The second-order valence-electron chi connectivity index (χ2n) is 21.5. The number of hydrogen-bond acceptors (Lipinski definition) is 15. The van der Waals surface area contributed by atoms with E-state index in [1.165, 1.54) is 37.2 Å². The first-order valence-electron chi connectivity index (χ1n) is 26.3. The zero-order chi connectivity index (χ0) is 57.5. The number of nitrogens with zero attached hydrogens (tertiary/aromatic N) is 16. The van der Waals surface area contributed by atoms with Gasteiger partial charge in [-0.25, -0.2) is 29.3 Å². The van der Waals surface area contributed by atoms with Crippen LogP contribution in [0.3, 0.4) is 0 Å². The molecule has 2 aliphatic carbocycles. The Balaban J connectivity index is 0.000000191. The first-order valence-corrected chi connectivity index (χ1v) is 28.3. The molecule has 0 aromatic carbocycles. The van der Waals surface area contributed by atoms with Gasteiger partial charge >= 0.3 is 110 Å². The minimum atomic E-state index is -0.441. The van der Waals surface area contributed by atoms with Gasteiger partial charge < -0.3 is 39.8 Å². The van der Waals surface area contributed by atoms with Crippen molar-refractivity contribution in [3.05, 3.63) is 76.1 Å². The van der Waals surface area contributed by atoms with Crippen molar-refractivity contribution < 1.29 is 138 Å². The summed E-state index contributed by atoms with van der Waals surface area (Å²) in [6.07, 6.45) is 16.2. The number of aryl methyl sites for hydroxylation is 4. The van der Waals surface area contributed by atoms with Gasteiger partial charge in [0.25, 0.3) is 6.47 Å². The van der Waals surface area contributed by atoms with Gasteiger partial charge in [0.2, 0.25) is 11.8 Å². The molecule has 0 spiro atoms. The van der Waals surface area contributed by atoms with Crippen LogP contribution in [-0.2, 0) is 82.9 Å². The first kappa shape index (κ1) is 66.5. The summed E-state index contributed by atoms with van der Waals surface area (Å²) in [7, 11) is 7.15. The van der Waals surface area contributed by atoms with Crippen molar-refractivity contribution in [1.29, 1.82) is 0 Å². The van der Waals surface area contributed by atoms with Crippen LogP contribution in [0, 0.1) is 3.70 Å². The molecule has 0 unspecified atom stereocenters. The Morgan fingerprint density at radius 1 is 0.720 bits per heavy atom. The van der Waals surface area contributed by atoms with Crippen molar-refractivity contribution in [1.82, 2.24) is 78.0 Å². The van der Waals surface area contributed by atoms with Crippen LogP contribution in [0.5, 0.6) is 0 Å². The summed E-state index contributed by atoms with van der Waals surface area (Å²) in [5, 5.41) is 28.2. The summed E-state index contributed by atoms with van der Waals surface area (Å²) in [5.74, 6) is 3.90. The Kier molecular flexibility index (Phi) is 22.6. The summed E-state index contributed by atoms with van der Waals surface area (Å²) in [6.45, 7) is 17.6. The van der Waals surface area contributed by atoms with E-state index in [4.69, 9.17) is 57.6 Å². The van der Waals surface area contributed by atoms with E-state index in [-0.39, 0.29) is 139 Å². The zero-order valence-electron chi connectivity index (χ0n) is 49.7. The second-order valence-corrected chi connectivity index (χ2v) is 24.0. The second kappa shape index (κ2) is 27.8. The molecule has 5 aliphatic rings. The largest absolute Gasteiger partial charge is 1.00 e. The average Bonchev–Trinajstić information content (AvgIpc) is 4.36. The summed E-state index contributed by atoms with van der Waals surface area (Å²) >= 11 is 12.4. The van der Waals surface area contributed by atoms with Gasteiger partial charge in [0, 0.05) is 138 Å². The standard InChI is InChI=1S/C22H24N8O.C17H22BN5O2.C11H14IN3O.C2H4Cl2.CH2O3.2K.H/c1-13(31)29-6-7-30-18(12-29)20(25-21(30)14-4-5-14)15-8-17-19(16-10-24-27(2)11-16)26-28(3)22(17)23-9-15;1-16(2)17(3,4)25-18(24-16)12-7-13-14(11-8-20-22(5)10-11)21-23(6)15(13)19-9-12;1-7(16)14-4-5-15-9(6-14)10(12)13-11(15)8-2-3-8;1-2(3)4;2-1-4-3;;;/h8-11,14H,4-7,12H2,1-3H3;7-10H,1-6H3;8H,2-6H2,1H3;2H,1H3;1,3H;;;/q;;;;;2*+1;-1/p-1. The number of pyridine rings is 2. The van der Waals surface area contributed by atoms with E-state index in [2.05, 4.69) is 74.0 Å².